The van der Waals surface area contributed by atoms with Crippen LogP contribution in [0.4, 0.5) is 13.2 Å². The first-order chi connectivity index (χ1) is 16.6. The van der Waals surface area contributed by atoms with E-state index in [0.717, 1.165) is 0 Å². The summed E-state index contributed by atoms with van der Waals surface area (Å²) in [4.78, 5) is 0. The number of rotatable bonds is 8. The molecule has 0 radical (unpaired) electrons. The molecule has 0 aliphatic heterocycles. The van der Waals surface area contributed by atoms with Gasteiger partial charge in [0, 0.05) is 22.9 Å². The van der Waals surface area contributed by atoms with Crippen LogP contribution in [-0.2, 0) is 12.1 Å². The SMILES string of the molecule is CC(C)(O)CCCOc1cc(-c2cnn(CC(C)(C)O)c2)c2c(c1)[C@@](O)(C(F)(F)F)c1ccccc1-2. The van der Waals surface area contributed by atoms with Crippen molar-refractivity contribution < 1.29 is 33.2 Å². The van der Waals surface area contributed by atoms with Crippen molar-refractivity contribution in [2.75, 3.05) is 6.61 Å². The smallest absolute Gasteiger partial charge is 0.425 e. The molecule has 0 saturated heterocycles. The molecule has 3 aromatic rings. The summed E-state index contributed by atoms with van der Waals surface area (Å²) in [6, 6.07) is 8.84. The lowest BCUT2D eigenvalue weighted by molar-refractivity contribution is -0.246. The molecule has 4 rings (SSSR count). The summed E-state index contributed by atoms with van der Waals surface area (Å²) in [5.74, 6) is 0.171. The van der Waals surface area contributed by atoms with Crippen molar-refractivity contribution >= 4 is 0 Å². The van der Waals surface area contributed by atoms with Crippen molar-refractivity contribution in [1.29, 1.82) is 0 Å². The molecule has 6 nitrogen and oxygen atoms in total. The molecule has 0 bridgehead atoms. The van der Waals surface area contributed by atoms with Crippen LogP contribution in [0, 0.1) is 0 Å². The molecular weight excluding hydrogens is 473 g/mol. The van der Waals surface area contributed by atoms with Crippen molar-refractivity contribution in [3.8, 4) is 28.0 Å². The minimum Gasteiger partial charge on any atom is -0.494 e. The topological polar surface area (TPSA) is 87.7 Å². The molecule has 1 aliphatic rings. The van der Waals surface area contributed by atoms with Gasteiger partial charge in [0.15, 0.2) is 0 Å². The van der Waals surface area contributed by atoms with Crippen molar-refractivity contribution in [3.63, 3.8) is 0 Å². The van der Waals surface area contributed by atoms with Crippen molar-refractivity contribution in [3.05, 3.63) is 59.9 Å². The molecule has 9 heteroatoms. The zero-order valence-electron chi connectivity index (χ0n) is 20.7. The van der Waals surface area contributed by atoms with E-state index in [4.69, 9.17) is 4.74 Å². The minimum atomic E-state index is -4.98. The van der Waals surface area contributed by atoms with Gasteiger partial charge in [0.2, 0.25) is 5.60 Å². The minimum absolute atomic E-state index is 0.171. The van der Waals surface area contributed by atoms with Crippen LogP contribution in [0.25, 0.3) is 22.3 Å². The van der Waals surface area contributed by atoms with Crippen LogP contribution < -0.4 is 4.74 Å². The number of benzene rings is 2. The van der Waals surface area contributed by atoms with Gasteiger partial charge in [0.1, 0.15) is 5.75 Å². The van der Waals surface area contributed by atoms with Crippen LogP contribution in [0.15, 0.2) is 48.8 Å². The maximum absolute atomic E-state index is 14.4. The number of aromatic nitrogens is 2. The standard InChI is InChI=1S/C27H31F3N2O4/c1-24(2,33)10-7-11-36-18-12-20(17-14-31-32(15-17)16-25(3,4)34)23-19-8-5-6-9-21(19)26(35,22(23)13-18)27(28,29)30/h5-6,8-9,12-15,33-35H,7,10-11,16H2,1-4H3/t26-/m1/s1. The van der Waals surface area contributed by atoms with E-state index in [1.54, 1.807) is 52.1 Å². The van der Waals surface area contributed by atoms with Crippen LogP contribution >= 0.6 is 0 Å². The quantitative estimate of drug-likeness (QED) is 0.375. The van der Waals surface area contributed by atoms with Gasteiger partial charge < -0.3 is 20.1 Å². The second kappa shape index (κ2) is 8.90. The summed E-state index contributed by atoms with van der Waals surface area (Å²) < 4.78 is 50.6. The fraction of sp³-hybridized carbons (Fsp3) is 0.444. The summed E-state index contributed by atoms with van der Waals surface area (Å²) >= 11 is 0. The van der Waals surface area contributed by atoms with Crippen LogP contribution in [0.5, 0.6) is 5.75 Å². The largest absolute Gasteiger partial charge is 0.494 e. The molecule has 0 amide bonds. The van der Waals surface area contributed by atoms with E-state index in [-0.39, 0.29) is 41.2 Å². The van der Waals surface area contributed by atoms with Gasteiger partial charge in [-0.2, -0.15) is 18.3 Å². The molecule has 0 fully saturated rings. The Labute approximate surface area is 208 Å². The van der Waals surface area contributed by atoms with E-state index in [2.05, 4.69) is 5.10 Å². The second-order valence-electron chi connectivity index (χ2n) is 10.7. The van der Waals surface area contributed by atoms with E-state index < -0.39 is 23.0 Å². The Bertz CT molecular complexity index is 1260. The molecule has 0 spiro atoms. The Morgan fingerprint density at radius 2 is 1.67 bits per heavy atom. The summed E-state index contributed by atoms with van der Waals surface area (Å²) in [6.07, 6.45) is -0.863. The molecule has 194 valence electrons. The lowest BCUT2D eigenvalue weighted by Gasteiger charge is -2.28. The van der Waals surface area contributed by atoms with E-state index in [9.17, 15) is 28.5 Å². The van der Waals surface area contributed by atoms with Crippen molar-refractivity contribution in [2.45, 2.75) is 70.1 Å². The maximum atomic E-state index is 14.4. The lowest BCUT2D eigenvalue weighted by atomic mass is 9.89. The fourth-order valence-electron chi connectivity index (χ4n) is 4.65. The predicted molar refractivity (Wildman–Crippen MR) is 129 cm³/mol. The highest BCUT2D eigenvalue weighted by atomic mass is 19.4. The number of halogens is 3. The molecular formula is C27H31F3N2O4. The first-order valence-corrected chi connectivity index (χ1v) is 11.8. The monoisotopic (exact) mass is 504 g/mol. The van der Waals surface area contributed by atoms with E-state index in [1.807, 2.05) is 0 Å². The maximum Gasteiger partial charge on any atom is 0.425 e. The Hall–Kier alpha value is -2.88. The first kappa shape index (κ1) is 26.2. The highest BCUT2D eigenvalue weighted by Gasteiger charge is 2.61. The molecule has 1 atom stereocenters. The number of hydrogen-bond donors (Lipinski definition) is 3. The third-order valence-electron chi connectivity index (χ3n) is 6.19. The average molecular weight is 505 g/mol. The third-order valence-corrected chi connectivity index (χ3v) is 6.19. The second-order valence-corrected chi connectivity index (χ2v) is 10.7. The van der Waals surface area contributed by atoms with Gasteiger partial charge >= 0.3 is 6.18 Å². The molecule has 1 aromatic heterocycles. The highest BCUT2D eigenvalue weighted by Crippen LogP contribution is 2.58. The number of hydrogen-bond acceptors (Lipinski definition) is 5. The number of ether oxygens (including phenoxy) is 1. The number of aliphatic hydroxyl groups is 3. The van der Waals surface area contributed by atoms with Gasteiger partial charge in [0.05, 0.1) is 30.6 Å². The van der Waals surface area contributed by atoms with Gasteiger partial charge in [-0.25, -0.2) is 0 Å². The Morgan fingerprint density at radius 1 is 0.972 bits per heavy atom. The van der Waals surface area contributed by atoms with Gasteiger partial charge in [-0.05, 0) is 69.4 Å². The van der Waals surface area contributed by atoms with Gasteiger partial charge in [-0.1, -0.05) is 24.3 Å². The normalized spacial score (nSPS) is 17.7. The van der Waals surface area contributed by atoms with Gasteiger partial charge in [-0.3, -0.25) is 4.68 Å². The van der Waals surface area contributed by atoms with E-state index >= 15 is 0 Å². The van der Waals surface area contributed by atoms with Crippen molar-refractivity contribution in [1.82, 2.24) is 9.78 Å². The van der Waals surface area contributed by atoms with Crippen molar-refractivity contribution in [2.24, 2.45) is 0 Å². The predicted octanol–water partition coefficient (Wildman–Crippen LogP) is 5.03. The van der Waals surface area contributed by atoms with Gasteiger partial charge in [-0.15, -0.1) is 0 Å². The molecule has 1 aliphatic carbocycles. The molecule has 2 aromatic carbocycles. The van der Waals surface area contributed by atoms with Crippen LogP contribution in [0.2, 0.25) is 0 Å². The summed E-state index contributed by atoms with van der Waals surface area (Å²) in [6.45, 7) is 6.98. The highest BCUT2D eigenvalue weighted by molar-refractivity contribution is 5.93. The lowest BCUT2D eigenvalue weighted by Crippen LogP contribution is -2.41. The molecule has 1 heterocycles. The summed E-state index contributed by atoms with van der Waals surface area (Å²) in [7, 11) is 0. The first-order valence-electron chi connectivity index (χ1n) is 11.8. The number of fused-ring (bicyclic) bond motifs is 3. The number of nitrogens with zero attached hydrogens (tertiary/aromatic N) is 2. The summed E-state index contributed by atoms with van der Waals surface area (Å²) in [5.41, 5.74) is -4.18. The Morgan fingerprint density at radius 3 is 2.31 bits per heavy atom. The Kier molecular flexibility index (Phi) is 6.47. The van der Waals surface area contributed by atoms with E-state index in [1.165, 1.54) is 29.1 Å². The fourth-order valence-corrected chi connectivity index (χ4v) is 4.65. The van der Waals surface area contributed by atoms with E-state index in [0.29, 0.717) is 24.0 Å². The molecule has 3 N–H and O–H groups in total. The van der Waals surface area contributed by atoms with Crippen LogP contribution in [-0.4, -0.2) is 49.1 Å². The third kappa shape index (κ3) is 5.00. The zero-order chi connectivity index (χ0) is 26.5. The molecule has 0 saturated carbocycles. The van der Waals surface area contributed by atoms with Crippen LogP contribution in [0.3, 0.4) is 0 Å². The number of alkyl halides is 3. The van der Waals surface area contributed by atoms with Gasteiger partial charge in [0.25, 0.3) is 0 Å². The Balaban J connectivity index is 1.85. The summed E-state index contributed by atoms with van der Waals surface area (Å²) in [5, 5.41) is 35.6. The molecule has 36 heavy (non-hydrogen) atoms. The zero-order valence-corrected chi connectivity index (χ0v) is 20.7. The van der Waals surface area contributed by atoms with Crippen LogP contribution in [0.1, 0.15) is 51.7 Å². The molecule has 0 unspecified atom stereocenters. The average Bonchev–Trinajstić information content (AvgIpc) is 3.30.